The molecule has 0 radical (unpaired) electrons. The van der Waals surface area contributed by atoms with Crippen LogP contribution >= 0.6 is 0 Å². The summed E-state index contributed by atoms with van der Waals surface area (Å²) in [5, 5.41) is 0. The third-order valence-electron chi connectivity index (χ3n) is 4.22. The minimum Gasteiger partial charge on any atom is -0.289 e. The first-order valence-electron chi connectivity index (χ1n) is 8.06. The van der Waals surface area contributed by atoms with E-state index >= 15 is 0 Å². The summed E-state index contributed by atoms with van der Waals surface area (Å²) in [6.45, 7) is 0. The van der Waals surface area contributed by atoms with Crippen molar-refractivity contribution in [2.45, 2.75) is 0 Å². The lowest BCUT2D eigenvalue weighted by Crippen LogP contribution is -2.20. The highest BCUT2D eigenvalue weighted by Gasteiger charge is 2.33. The van der Waals surface area contributed by atoms with Crippen molar-refractivity contribution < 1.29 is 9.59 Å². The molecule has 3 aromatic rings. The van der Waals surface area contributed by atoms with E-state index in [9.17, 15) is 9.59 Å². The van der Waals surface area contributed by atoms with Crippen molar-refractivity contribution >= 4 is 28.6 Å². The van der Waals surface area contributed by atoms with E-state index in [0.29, 0.717) is 11.1 Å². The summed E-state index contributed by atoms with van der Waals surface area (Å²) in [5.74, 6) is -0.356. The summed E-state index contributed by atoms with van der Waals surface area (Å²) < 4.78 is 0. The van der Waals surface area contributed by atoms with Crippen molar-refractivity contribution in [3.05, 3.63) is 102 Å². The zero-order valence-corrected chi connectivity index (χ0v) is 13.4. The maximum absolute atomic E-state index is 13.0. The second-order valence-electron chi connectivity index (χ2n) is 5.78. The van der Waals surface area contributed by atoms with Gasteiger partial charge in [0.05, 0.1) is 11.3 Å². The first kappa shape index (κ1) is 15.1. The van der Waals surface area contributed by atoms with Crippen LogP contribution in [0.4, 0.5) is 11.4 Å². The van der Waals surface area contributed by atoms with Gasteiger partial charge in [0.1, 0.15) is 0 Å². The normalized spacial score (nSPS) is 14.6. The number of hydrogen-bond donors (Lipinski definition) is 0. The predicted molar refractivity (Wildman–Crippen MR) is 98.8 cm³/mol. The number of rotatable bonds is 3. The summed E-state index contributed by atoms with van der Waals surface area (Å²) in [4.78, 5) is 27.2. The fourth-order valence-corrected chi connectivity index (χ4v) is 3.03. The first-order chi connectivity index (χ1) is 12.3. The Balaban J connectivity index is 1.81. The zero-order valence-electron chi connectivity index (χ0n) is 13.4. The van der Waals surface area contributed by atoms with Crippen LogP contribution < -0.4 is 4.90 Å². The summed E-state index contributed by atoms with van der Waals surface area (Å²) in [6.07, 6.45) is 1.44. The van der Waals surface area contributed by atoms with Gasteiger partial charge in [-0.1, -0.05) is 66.7 Å². The fraction of sp³-hybridized carbons (Fsp3) is 0. The molecular weight excluding hydrogens is 310 g/mol. The smallest absolute Gasteiger partial charge is 0.263 e. The number of fused-ring (bicyclic) bond motifs is 1. The second-order valence-corrected chi connectivity index (χ2v) is 5.78. The molecule has 0 atom stereocenters. The molecule has 0 unspecified atom stereocenters. The molecule has 1 heterocycles. The van der Waals surface area contributed by atoms with Crippen LogP contribution in [0.1, 0.15) is 15.9 Å². The average molecular weight is 325 g/mol. The van der Waals surface area contributed by atoms with Crippen LogP contribution in [0.15, 0.2) is 91.0 Å². The van der Waals surface area contributed by atoms with E-state index in [4.69, 9.17) is 0 Å². The Morgan fingerprint density at radius 3 is 2.08 bits per heavy atom. The Bertz CT molecular complexity index is 975. The van der Waals surface area contributed by atoms with Gasteiger partial charge in [0, 0.05) is 16.8 Å². The molecule has 0 fully saturated rings. The molecular formula is C22H15NO2. The quantitative estimate of drug-likeness (QED) is 0.520. The van der Waals surface area contributed by atoms with Crippen LogP contribution in [-0.4, -0.2) is 11.7 Å². The SMILES string of the molecule is O=C(C=C1C(=O)N(c2ccccc2)c2ccccc21)c1ccccc1. The topological polar surface area (TPSA) is 37.4 Å². The molecule has 0 aromatic heterocycles. The van der Waals surface area contributed by atoms with Crippen molar-refractivity contribution in [1.82, 2.24) is 0 Å². The van der Waals surface area contributed by atoms with Gasteiger partial charge in [-0.2, -0.15) is 0 Å². The number of anilines is 2. The number of ketones is 1. The number of carbonyl (C=O) groups excluding carboxylic acids is 2. The van der Waals surface area contributed by atoms with Gasteiger partial charge in [-0.3, -0.25) is 14.5 Å². The van der Waals surface area contributed by atoms with Crippen LogP contribution in [0.2, 0.25) is 0 Å². The van der Waals surface area contributed by atoms with Gasteiger partial charge in [-0.25, -0.2) is 0 Å². The number of benzene rings is 3. The molecule has 1 amide bonds. The van der Waals surface area contributed by atoms with Gasteiger partial charge in [0.25, 0.3) is 5.91 Å². The van der Waals surface area contributed by atoms with Crippen molar-refractivity contribution in [2.24, 2.45) is 0 Å². The number of para-hydroxylation sites is 2. The molecule has 1 aliphatic rings. The fourth-order valence-electron chi connectivity index (χ4n) is 3.03. The highest BCUT2D eigenvalue weighted by molar-refractivity contribution is 6.37. The maximum Gasteiger partial charge on any atom is 0.263 e. The van der Waals surface area contributed by atoms with Gasteiger partial charge in [0.15, 0.2) is 5.78 Å². The van der Waals surface area contributed by atoms with Gasteiger partial charge in [-0.15, -0.1) is 0 Å². The molecule has 3 heteroatoms. The summed E-state index contributed by atoms with van der Waals surface area (Å²) >= 11 is 0. The predicted octanol–water partition coefficient (Wildman–Crippen LogP) is 4.63. The number of carbonyl (C=O) groups is 2. The molecule has 3 aromatic carbocycles. The van der Waals surface area contributed by atoms with Gasteiger partial charge < -0.3 is 0 Å². The summed E-state index contributed by atoms with van der Waals surface area (Å²) in [5.41, 5.74) is 3.36. The molecule has 4 rings (SSSR count). The van der Waals surface area contributed by atoms with E-state index < -0.39 is 0 Å². The molecule has 0 spiro atoms. The largest absolute Gasteiger partial charge is 0.289 e. The van der Waals surface area contributed by atoms with E-state index in [-0.39, 0.29) is 11.7 Å². The highest BCUT2D eigenvalue weighted by Crippen LogP contribution is 2.41. The average Bonchev–Trinajstić information content (AvgIpc) is 2.95. The highest BCUT2D eigenvalue weighted by atomic mass is 16.2. The van der Waals surface area contributed by atoms with Crippen molar-refractivity contribution in [1.29, 1.82) is 0 Å². The van der Waals surface area contributed by atoms with Crippen LogP contribution in [0.25, 0.3) is 5.57 Å². The van der Waals surface area contributed by atoms with Gasteiger partial charge in [0.2, 0.25) is 0 Å². The molecule has 0 N–H and O–H groups in total. The molecule has 0 saturated carbocycles. The molecule has 25 heavy (non-hydrogen) atoms. The molecule has 3 nitrogen and oxygen atoms in total. The van der Waals surface area contributed by atoms with Crippen LogP contribution in [-0.2, 0) is 4.79 Å². The lowest BCUT2D eigenvalue weighted by Gasteiger charge is -2.16. The van der Waals surface area contributed by atoms with Crippen molar-refractivity contribution in [2.75, 3.05) is 4.90 Å². The second kappa shape index (κ2) is 6.21. The minimum atomic E-state index is -0.184. The van der Waals surface area contributed by atoms with E-state index in [2.05, 4.69) is 0 Å². The number of nitrogens with zero attached hydrogens (tertiary/aromatic N) is 1. The zero-order chi connectivity index (χ0) is 17.2. The van der Waals surface area contributed by atoms with Crippen molar-refractivity contribution in [3.63, 3.8) is 0 Å². The molecule has 0 saturated heterocycles. The number of amides is 1. The van der Waals surface area contributed by atoms with Crippen LogP contribution in [0.3, 0.4) is 0 Å². The Kier molecular flexibility index (Phi) is 3.75. The molecule has 0 bridgehead atoms. The van der Waals surface area contributed by atoms with Gasteiger partial charge >= 0.3 is 0 Å². The van der Waals surface area contributed by atoms with Crippen molar-refractivity contribution in [3.8, 4) is 0 Å². The van der Waals surface area contributed by atoms with E-state index in [1.54, 1.807) is 17.0 Å². The van der Waals surface area contributed by atoms with Crippen LogP contribution in [0.5, 0.6) is 0 Å². The van der Waals surface area contributed by atoms with E-state index in [1.807, 2.05) is 72.8 Å². The Morgan fingerprint density at radius 1 is 0.760 bits per heavy atom. The molecule has 0 aliphatic carbocycles. The monoisotopic (exact) mass is 325 g/mol. The minimum absolute atomic E-state index is 0.173. The standard InChI is InChI=1S/C22H15NO2/c24-21(16-9-3-1-4-10-16)15-19-18-13-7-8-14-20(18)23(22(19)25)17-11-5-2-6-12-17/h1-15H. The third kappa shape index (κ3) is 2.66. The van der Waals surface area contributed by atoms with E-state index in [0.717, 1.165) is 16.9 Å². The third-order valence-corrected chi connectivity index (χ3v) is 4.22. The lowest BCUT2D eigenvalue weighted by molar-refractivity contribution is -0.112. The van der Waals surface area contributed by atoms with Crippen LogP contribution in [0, 0.1) is 0 Å². The van der Waals surface area contributed by atoms with Gasteiger partial charge in [-0.05, 0) is 24.3 Å². The Morgan fingerprint density at radius 2 is 1.36 bits per heavy atom. The van der Waals surface area contributed by atoms with E-state index in [1.165, 1.54) is 6.08 Å². The lowest BCUT2D eigenvalue weighted by atomic mass is 10.0. The summed E-state index contributed by atoms with van der Waals surface area (Å²) in [7, 11) is 0. The summed E-state index contributed by atoms with van der Waals surface area (Å²) in [6, 6.07) is 26.0. The Hall–Kier alpha value is -3.46. The molecule has 120 valence electrons. The first-order valence-corrected chi connectivity index (χ1v) is 8.06. The Labute approximate surface area is 145 Å². The number of hydrogen-bond acceptors (Lipinski definition) is 2. The maximum atomic E-state index is 13.0. The number of allylic oxidation sites excluding steroid dienone is 1. The molecule has 1 aliphatic heterocycles.